The molecular formula is C15H13NO6. The summed E-state index contributed by atoms with van der Waals surface area (Å²) in [6.45, 7) is -0.370. The fourth-order valence-corrected chi connectivity index (χ4v) is 1.72. The molecule has 0 aliphatic heterocycles. The van der Waals surface area contributed by atoms with Gasteiger partial charge in [0.2, 0.25) is 0 Å². The number of hydrogen-bond acceptors (Lipinski definition) is 5. The van der Waals surface area contributed by atoms with E-state index in [0.29, 0.717) is 0 Å². The first-order valence-electron chi connectivity index (χ1n) is 6.36. The number of aliphatic carboxylic acids is 1. The summed E-state index contributed by atoms with van der Waals surface area (Å²) in [5.41, 5.74) is 0.712. The van der Waals surface area contributed by atoms with Crippen molar-refractivity contribution in [3.05, 3.63) is 64.2 Å². The largest absolute Gasteiger partial charge is 0.485 e. The summed E-state index contributed by atoms with van der Waals surface area (Å²) >= 11 is 0. The molecule has 114 valence electrons. The van der Waals surface area contributed by atoms with Crippen LogP contribution in [0.2, 0.25) is 0 Å². The first-order chi connectivity index (χ1) is 10.6. The highest BCUT2D eigenvalue weighted by atomic mass is 16.6. The van der Waals surface area contributed by atoms with Gasteiger partial charge in [0.25, 0.3) is 5.69 Å². The molecule has 7 nitrogen and oxygen atoms in total. The fraction of sp³-hybridized carbons (Fsp3) is 0.133. The van der Waals surface area contributed by atoms with E-state index in [0.717, 1.165) is 5.56 Å². The molecule has 22 heavy (non-hydrogen) atoms. The van der Waals surface area contributed by atoms with Crippen LogP contribution in [0.3, 0.4) is 0 Å². The Hall–Kier alpha value is -3.09. The minimum atomic E-state index is -1.15. The van der Waals surface area contributed by atoms with Crippen LogP contribution in [-0.4, -0.2) is 22.6 Å². The molecule has 2 aromatic rings. The smallest absolute Gasteiger partial charge is 0.341 e. The summed E-state index contributed by atoms with van der Waals surface area (Å²) in [6.07, 6.45) is 0. The van der Waals surface area contributed by atoms with E-state index in [4.69, 9.17) is 14.6 Å². The predicted molar refractivity (Wildman–Crippen MR) is 77.0 cm³/mol. The number of carbonyl (C=O) groups is 1. The zero-order valence-corrected chi connectivity index (χ0v) is 11.5. The van der Waals surface area contributed by atoms with Crippen molar-refractivity contribution in [1.82, 2.24) is 0 Å². The highest BCUT2D eigenvalue weighted by Crippen LogP contribution is 2.32. The Bertz CT molecular complexity index is 671. The van der Waals surface area contributed by atoms with Crippen molar-refractivity contribution < 1.29 is 24.3 Å². The molecule has 2 aromatic carbocycles. The lowest BCUT2D eigenvalue weighted by Gasteiger charge is -2.11. The number of carboxylic acids is 1. The number of benzene rings is 2. The van der Waals surface area contributed by atoms with Crippen molar-refractivity contribution in [3.63, 3.8) is 0 Å². The summed E-state index contributed by atoms with van der Waals surface area (Å²) in [5.74, 6) is -0.879. The van der Waals surface area contributed by atoms with Gasteiger partial charge in [-0.25, -0.2) is 4.79 Å². The number of carboxylic acid groups (broad SMARTS) is 1. The van der Waals surface area contributed by atoms with Crippen LogP contribution in [0, 0.1) is 10.1 Å². The Morgan fingerprint density at radius 3 is 2.45 bits per heavy atom. The fourth-order valence-electron chi connectivity index (χ4n) is 1.72. The molecule has 0 aromatic heterocycles. The second kappa shape index (κ2) is 7.07. The molecule has 0 aliphatic rings. The lowest BCUT2D eigenvalue weighted by atomic mass is 10.2. The maximum absolute atomic E-state index is 10.8. The minimum absolute atomic E-state index is 0.124. The Morgan fingerprint density at radius 1 is 1.09 bits per heavy atom. The minimum Gasteiger partial charge on any atom is -0.485 e. The third-order valence-electron chi connectivity index (χ3n) is 2.73. The molecule has 0 atom stereocenters. The average Bonchev–Trinajstić information content (AvgIpc) is 2.52. The van der Waals surface area contributed by atoms with Crippen molar-refractivity contribution in [3.8, 4) is 11.5 Å². The number of ether oxygens (including phenoxy) is 2. The second-order valence-electron chi connectivity index (χ2n) is 4.34. The molecule has 0 saturated carbocycles. The summed E-state index contributed by atoms with van der Waals surface area (Å²) in [7, 11) is 0. The highest BCUT2D eigenvalue weighted by molar-refractivity contribution is 5.68. The standard InChI is InChI=1S/C15H13NO6/c17-15(18)10-22-13-7-6-12(16(19)20)8-14(13)21-9-11-4-2-1-3-5-11/h1-8H,9-10H2,(H,17,18). The van der Waals surface area contributed by atoms with E-state index in [1.54, 1.807) is 0 Å². The van der Waals surface area contributed by atoms with Gasteiger partial charge >= 0.3 is 5.97 Å². The van der Waals surface area contributed by atoms with Crippen molar-refractivity contribution in [1.29, 1.82) is 0 Å². The summed E-state index contributed by atoms with van der Waals surface area (Å²) in [4.78, 5) is 20.8. The van der Waals surface area contributed by atoms with Crippen LogP contribution in [0.25, 0.3) is 0 Å². The molecule has 0 radical (unpaired) electrons. The van der Waals surface area contributed by atoms with E-state index in [1.807, 2.05) is 30.3 Å². The third-order valence-corrected chi connectivity index (χ3v) is 2.73. The molecule has 0 bridgehead atoms. The number of nitro benzene ring substituents is 1. The number of hydrogen-bond donors (Lipinski definition) is 1. The molecule has 1 N–H and O–H groups in total. The van der Waals surface area contributed by atoms with E-state index in [2.05, 4.69) is 0 Å². The lowest BCUT2D eigenvalue weighted by molar-refractivity contribution is -0.385. The summed E-state index contributed by atoms with van der Waals surface area (Å²) in [5, 5.41) is 19.5. The average molecular weight is 303 g/mol. The molecule has 0 saturated heterocycles. The van der Waals surface area contributed by atoms with Gasteiger partial charge in [0, 0.05) is 6.07 Å². The van der Waals surface area contributed by atoms with E-state index in [9.17, 15) is 14.9 Å². The number of non-ortho nitro benzene ring substituents is 1. The molecule has 0 heterocycles. The van der Waals surface area contributed by atoms with Gasteiger partial charge < -0.3 is 14.6 Å². The van der Waals surface area contributed by atoms with Crippen LogP contribution in [0.1, 0.15) is 5.56 Å². The highest BCUT2D eigenvalue weighted by Gasteiger charge is 2.14. The van der Waals surface area contributed by atoms with E-state index in [-0.39, 0.29) is 23.8 Å². The monoisotopic (exact) mass is 303 g/mol. The molecule has 0 spiro atoms. The van der Waals surface area contributed by atoms with Gasteiger partial charge in [0.05, 0.1) is 11.0 Å². The maximum Gasteiger partial charge on any atom is 0.341 e. The van der Waals surface area contributed by atoms with Gasteiger partial charge in [-0.15, -0.1) is 0 Å². The number of rotatable bonds is 7. The second-order valence-corrected chi connectivity index (χ2v) is 4.34. The van der Waals surface area contributed by atoms with E-state index in [1.165, 1.54) is 18.2 Å². The van der Waals surface area contributed by atoms with Gasteiger partial charge in [0.1, 0.15) is 6.61 Å². The van der Waals surface area contributed by atoms with Crippen molar-refractivity contribution in [2.24, 2.45) is 0 Å². The third kappa shape index (κ3) is 4.20. The van der Waals surface area contributed by atoms with Crippen molar-refractivity contribution in [2.45, 2.75) is 6.61 Å². The van der Waals surface area contributed by atoms with Gasteiger partial charge in [-0.1, -0.05) is 30.3 Å². The molecule has 0 aliphatic carbocycles. The molecular weight excluding hydrogens is 290 g/mol. The van der Waals surface area contributed by atoms with Gasteiger partial charge in [-0.3, -0.25) is 10.1 Å². The van der Waals surface area contributed by atoms with Gasteiger partial charge in [0.15, 0.2) is 18.1 Å². The Labute approximate surface area is 125 Å². The summed E-state index contributed by atoms with van der Waals surface area (Å²) < 4.78 is 10.6. The molecule has 0 fully saturated rings. The quantitative estimate of drug-likeness (QED) is 0.623. The summed E-state index contributed by atoms with van der Waals surface area (Å²) in [6, 6.07) is 13.0. The van der Waals surface area contributed by atoms with Crippen LogP contribution in [-0.2, 0) is 11.4 Å². The van der Waals surface area contributed by atoms with Crippen molar-refractivity contribution >= 4 is 11.7 Å². The van der Waals surface area contributed by atoms with E-state index < -0.39 is 17.5 Å². The Morgan fingerprint density at radius 2 is 1.82 bits per heavy atom. The lowest BCUT2D eigenvalue weighted by Crippen LogP contribution is -2.10. The van der Waals surface area contributed by atoms with Gasteiger partial charge in [-0.2, -0.15) is 0 Å². The van der Waals surface area contributed by atoms with Crippen LogP contribution in [0.5, 0.6) is 11.5 Å². The number of nitro groups is 1. The van der Waals surface area contributed by atoms with Crippen LogP contribution in [0.4, 0.5) is 5.69 Å². The first kappa shape index (κ1) is 15.3. The molecule has 7 heteroatoms. The van der Waals surface area contributed by atoms with E-state index >= 15 is 0 Å². The zero-order chi connectivity index (χ0) is 15.9. The topological polar surface area (TPSA) is 98.9 Å². The van der Waals surface area contributed by atoms with Crippen LogP contribution < -0.4 is 9.47 Å². The predicted octanol–water partition coefficient (Wildman–Crippen LogP) is 2.64. The molecule has 0 amide bonds. The zero-order valence-electron chi connectivity index (χ0n) is 11.5. The van der Waals surface area contributed by atoms with Crippen molar-refractivity contribution in [2.75, 3.05) is 6.61 Å². The SMILES string of the molecule is O=C(O)COc1ccc([N+](=O)[O-])cc1OCc1ccccc1. The molecule has 0 unspecified atom stereocenters. The van der Waals surface area contributed by atoms with Crippen LogP contribution >= 0.6 is 0 Å². The van der Waals surface area contributed by atoms with Crippen LogP contribution in [0.15, 0.2) is 48.5 Å². The molecule has 2 rings (SSSR count). The maximum atomic E-state index is 10.8. The first-order valence-corrected chi connectivity index (χ1v) is 6.36. The van der Waals surface area contributed by atoms with Gasteiger partial charge in [-0.05, 0) is 11.6 Å². The normalized spacial score (nSPS) is 10.0. The number of nitrogens with zero attached hydrogens (tertiary/aromatic N) is 1. The Kier molecular flexibility index (Phi) is 4.92. The Balaban J connectivity index is 2.18.